The lowest BCUT2D eigenvalue weighted by Crippen LogP contribution is -2.25. The fourth-order valence-electron chi connectivity index (χ4n) is 1.65. The molecule has 0 radical (unpaired) electrons. The Morgan fingerprint density at radius 1 is 1.53 bits per heavy atom. The molecule has 1 aromatic rings. The molecule has 1 aliphatic rings. The summed E-state index contributed by atoms with van der Waals surface area (Å²) in [6.07, 6.45) is -0.879. The number of ether oxygens (including phenoxy) is 1. The number of rotatable bonds is 4. The summed E-state index contributed by atoms with van der Waals surface area (Å²) in [4.78, 5) is 17.8. The highest BCUT2D eigenvalue weighted by molar-refractivity contribution is 5.89. The van der Waals surface area contributed by atoms with Crippen molar-refractivity contribution in [1.82, 2.24) is 0 Å². The first-order valence-corrected chi connectivity index (χ1v) is 5.22. The van der Waals surface area contributed by atoms with Crippen molar-refractivity contribution in [3.63, 3.8) is 0 Å². The van der Waals surface area contributed by atoms with Gasteiger partial charge in [0.05, 0.1) is 25.9 Å². The molecule has 6 heteroatoms. The van der Waals surface area contributed by atoms with E-state index < -0.39 is 12.2 Å². The van der Waals surface area contributed by atoms with Crippen molar-refractivity contribution in [2.75, 3.05) is 30.6 Å². The van der Waals surface area contributed by atoms with Crippen molar-refractivity contribution >= 4 is 17.5 Å². The van der Waals surface area contributed by atoms with Gasteiger partial charge < -0.3 is 9.84 Å². The fourth-order valence-corrected chi connectivity index (χ4v) is 1.65. The van der Waals surface area contributed by atoms with E-state index in [2.05, 4.69) is 5.48 Å². The first-order chi connectivity index (χ1) is 8.24. The van der Waals surface area contributed by atoms with Crippen molar-refractivity contribution in [2.24, 2.45) is 0 Å². The van der Waals surface area contributed by atoms with Crippen molar-refractivity contribution in [3.8, 4) is 0 Å². The molecule has 1 heterocycles. The third-order valence-corrected chi connectivity index (χ3v) is 2.48. The zero-order valence-corrected chi connectivity index (χ0v) is 9.42. The highest BCUT2D eigenvalue weighted by Crippen LogP contribution is 2.23. The van der Waals surface area contributed by atoms with Crippen LogP contribution in [-0.2, 0) is 9.57 Å². The van der Waals surface area contributed by atoms with Gasteiger partial charge in [-0.2, -0.15) is 0 Å². The summed E-state index contributed by atoms with van der Waals surface area (Å²) in [5.74, 6) is 0. The van der Waals surface area contributed by atoms with Gasteiger partial charge in [-0.15, -0.1) is 0 Å². The van der Waals surface area contributed by atoms with E-state index in [1.165, 1.54) is 12.0 Å². The second kappa shape index (κ2) is 5.03. The van der Waals surface area contributed by atoms with E-state index in [1.54, 1.807) is 24.3 Å². The monoisotopic (exact) mass is 238 g/mol. The van der Waals surface area contributed by atoms with E-state index in [9.17, 15) is 4.79 Å². The van der Waals surface area contributed by atoms with E-state index >= 15 is 0 Å². The Morgan fingerprint density at radius 3 is 2.76 bits per heavy atom. The number of benzene rings is 1. The van der Waals surface area contributed by atoms with Crippen LogP contribution in [0.1, 0.15) is 0 Å². The third-order valence-electron chi connectivity index (χ3n) is 2.48. The van der Waals surface area contributed by atoms with Gasteiger partial charge in [0.2, 0.25) is 0 Å². The molecule has 1 unspecified atom stereocenters. The Bertz CT molecular complexity index is 393. The highest BCUT2D eigenvalue weighted by Gasteiger charge is 2.31. The average molecular weight is 238 g/mol. The van der Waals surface area contributed by atoms with Crippen LogP contribution in [0.15, 0.2) is 24.3 Å². The van der Waals surface area contributed by atoms with Gasteiger partial charge in [0, 0.05) is 5.69 Å². The van der Waals surface area contributed by atoms with Crippen LogP contribution in [0.3, 0.4) is 0 Å². The molecule has 1 aliphatic heterocycles. The van der Waals surface area contributed by atoms with E-state index in [4.69, 9.17) is 14.7 Å². The van der Waals surface area contributed by atoms with E-state index in [0.29, 0.717) is 6.54 Å². The summed E-state index contributed by atoms with van der Waals surface area (Å²) in [5.41, 5.74) is 4.21. The number of aliphatic hydroxyl groups is 1. The summed E-state index contributed by atoms with van der Waals surface area (Å²) in [7, 11) is 1.53. The molecule has 2 N–H and O–H groups in total. The molecular formula is C11H14N2O4. The molecule has 17 heavy (non-hydrogen) atoms. The third kappa shape index (κ3) is 2.48. The SMILES string of the molecule is CONc1ccc(N2CC(CO)OC2=O)cc1. The number of amides is 1. The molecular weight excluding hydrogens is 224 g/mol. The Hall–Kier alpha value is -1.79. The summed E-state index contributed by atoms with van der Waals surface area (Å²) in [6.45, 7) is 0.206. The summed E-state index contributed by atoms with van der Waals surface area (Å²) in [6, 6.07) is 7.14. The van der Waals surface area contributed by atoms with Crippen LogP contribution in [-0.4, -0.2) is 37.6 Å². The Balaban J connectivity index is 2.09. The molecule has 1 amide bonds. The van der Waals surface area contributed by atoms with Crippen LogP contribution >= 0.6 is 0 Å². The largest absolute Gasteiger partial charge is 0.441 e. The van der Waals surface area contributed by atoms with Gasteiger partial charge in [-0.05, 0) is 24.3 Å². The van der Waals surface area contributed by atoms with Gasteiger partial charge in [0.1, 0.15) is 6.10 Å². The van der Waals surface area contributed by atoms with Gasteiger partial charge in [-0.25, -0.2) is 4.79 Å². The molecule has 1 atom stereocenters. The van der Waals surface area contributed by atoms with Crippen LogP contribution in [0.25, 0.3) is 0 Å². The minimum atomic E-state index is -0.445. The second-order valence-corrected chi connectivity index (χ2v) is 3.65. The molecule has 0 aliphatic carbocycles. The quantitative estimate of drug-likeness (QED) is 0.765. The molecule has 0 bridgehead atoms. The molecule has 2 rings (SSSR count). The van der Waals surface area contributed by atoms with Crippen LogP contribution in [0, 0.1) is 0 Å². The second-order valence-electron chi connectivity index (χ2n) is 3.65. The average Bonchev–Trinajstić information content (AvgIpc) is 2.72. The summed E-state index contributed by atoms with van der Waals surface area (Å²) in [5, 5.41) is 8.93. The number of aliphatic hydroxyl groups excluding tert-OH is 1. The zero-order valence-electron chi connectivity index (χ0n) is 9.42. The van der Waals surface area contributed by atoms with E-state index in [-0.39, 0.29) is 6.61 Å². The van der Waals surface area contributed by atoms with Crippen LogP contribution in [0.4, 0.5) is 16.2 Å². The smallest absolute Gasteiger partial charge is 0.414 e. The Kier molecular flexibility index (Phi) is 3.46. The van der Waals surface area contributed by atoms with Gasteiger partial charge in [-0.3, -0.25) is 15.2 Å². The normalized spacial score (nSPS) is 19.3. The van der Waals surface area contributed by atoms with E-state index in [0.717, 1.165) is 11.4 Å². The highest BCUT2D eigenvalue weighted by atomic mass is 16.6. The molecule has 1 aromatic carbocycles. The number of nitrogens with zero attached hydrogens (tertiary/aromatic N) is 1. The molecule has 1 fully saturated rings. The maximum atomic E-state index is 11.5. The van der Waals surface area contributed by atoms with Crippen LogP contribution in [0.2, 0.25) is 0 Å². The van der Waals surface area contributed by atoms with Crippen LogP contribution < -0.4 is 10.4 Å². The van der Waals surface area contributed by atoms with Crippen molar-refractivity contribution in [1.29, 1.82) is 0 Å². The fraction of sp³-hybridized carbons (Fsp3) is 0.364. The van der Waals surface area contributed by atoms with Gasteiger partial charge >= 0.3 is 6.09 Å². The minimum Gasteiger partial charge on any atom is -0.441 e. The molecule has 0 spiro atoms. The van der Waals surface area contributed by atoms with Gasteiger partial charge in [0.25, 0.3) is 0 Å². The number of nitrogens with one attached hydrogen (secondary N) is 1. The van der Waals surface area contributed by atoms with E-state index in [1.807, 2.05) is 0 Å². The number of hydrogen-bond acceptors (Lipinski definition) is 5. The molecule has 92 valence electrons. The molecule has 1 saturated heterocycles. The van der Waals surface area contributed by atoms with Crippen molar-refractivity contribution in [3.05, 3.63) is 24.3 Å². The summed E-state index contributed by atoms with van der Waals surface area (Å²) < 4.78 is 4.95. The van der Waals surface area contributed by atoms with Crippen molar-refractivity contribution < 1.29 is 19.5 Å². The maximum absolute atomic E-state index is 11.5. The minimum absolute atomic E-state index is 0.161. The Labute approximate surface area is 98.7 Å². The molecule has 0 saturated carbocycles. The van der Waals surface area contributed by atoms with Crippen LogP contribution in [0.5, 0.6) is 0 Å². The lowest BCUT2D eigenvalue weighted by atomic mass is 10.2. The first-order valence-electron chi connectivity index (χ1n) is 5.22. The standard InChI is InChI=1S/C11H14N2O4/c1-16-12-8-2-4-9(5-3-8)13-6-10(7-14)17-11(13)15/h2-5,10,12,14H,6-7H2,1H3. The molecule has 6 nitrogen and oxygen atoms in total. The topological polar surface area (TPSA) is 71.0 Å². The maximum Gasteiger partial charge on any atom is 0.414 e. The number of hydrogen-bond donors (Lipinski definition) is 2. The number of carbonyl (C=O) groups excluding carboxylic acids is 1. The predicted molar refractivity (Wildman–Crippen MR) is 61.8 cm³/mol. The number of carbonyl (C=O) groups is 1. The van der Waals surface area contributed by atoms with Gasteiger partial charge in [0.15, 0.2) is 0 Å². The Morgan fingerprint density at radius 2 is 2.24 bits per heavy atom. The lowest BCUT2D eigenvalue weighted by Gasteiger charge is -2.13. The molecule has 0 aromatic heterocycles. The zero-order chi connectivity index (χ0) is 12.3. The van der Waals surface area contributed by atoms with Crippen molar-refractivity contribution in [2.45, 2.75) is 6.10 Å². The number of cyclic esters (lactones) is 1. The summed E-state index contributed by atoms with van der Waals surface area (Å²) >= 11 is 0. The lowest BCUT2D eigenvalue weighted by molar-refractivity contribution is 0.0963. The number of anilines is 2. The first kappa shape index (κ1) is 11.7. The van der Waals surface area contributed by atoms with Gasteiger partial charge in [-0.1, -0.05) is 0 Å². The predicted octanol–water partition coefficient (Wildman–Crippen LogP) is 0.977.